The van der Waals surface area contributed by atoms with E-state index in [1.165, 1.54) is 12.4 Å². The van der Waals surface area contributed by atoms with Crippen molar-refractivity contribution in [1.82, 2.24) is 29.7 Å². The molecule has 0 bridgehead atoms. The normalized spacial score (nSPS) is 27.5. The highest BCUT2D eigenvalue weighted by molar-refractivity contribution is 6.32. The number of ether oxygens (including phenoxy) is 3. The van der Waals surface area contributed by atoms with Gasteiger partial charge in [-0.15, -0.1) is 0 Å². The summed E-state index contributed by atoms with van der Waals surface area (Å²) >= 11 is 5.72. The number of amides is 1. The Bertz CT molecular complexity index is 1420. The summed E-state index contributed by atoms with van der Waals surface area (Å²) in [5.41, 5.74) is 6.11. The Labute approximate surface area is 259 Å². The van der Waals surface area contributed by atoms with Gasteiger partial charge >= 0.3 is 6.18 Å². The van der Waals surface area contributed by atoms with Crippen LogP contribution in [0.2, 0.25) is 0 Å². The van der Waals surface area contributed by atoms with Crippen molar-refractivity contribution >= 4 is 34.5 Å². The molecule has 2 aliphatic carbocycles. The molecule has 11 nitrogen and oxygen atoms in total. The summed E-state index contributed by atoms with van der Waals surface area (Å²) in [6, 6.07) is -0.361. The van der Waals surface area contributed by atoms with Crippen LogP contribution in [0.3, 0.4) is 0 Å². The largest absolute Gasteiger partial charge is 0.417 e. The first-order chi connectivity index (χ1) is 20.7. The van der Waals surface area contributed by atoms with E-state index < -0.39 is 40.9 Å². The van der Waals surface area contributed by atoms with Gasteiger partial charge in [0.2, 0.25) is 5.91 Å². The molecule has 1 saturated carbocycles. The first-order valence-corrected chi connectivity index (χ1v) is 15.1. The molecule has 3 aliphatic rings. The number of aromatic nitrogens is 4. The molecule has 2 aromatic heterocycles. The third kappa shape index (κ3) is 6.89. The van der Waals surface area contributed by atoms with Gasteiger partial charge in [0, 0.05) is 32.2 Å². The molecule has 44 heavy (non-hydrogen) atoms. The van der Waals surface area contributed by atoms with Crippen molar-refractivity contribution < 1.29 is 32.2 Å². The van der Waals surface area contributed by atoms with Gasteiger partial charge in [-0.1, -0.05) is 11.6 Å². The summed E-state index contributed by atoms with van der Waals surface area (Å²) in [7, 11) is 1.66. The molecule has 1 aliphatic heterocycles. The lowest BCUT2D eigenvalue weighted by Gasteiger charge is -2.46. The molecule has 3 N–H and O–H groups in total. The van der Waals surface area contributed by atoms with E-state index in [9.17, 15) is 18.0 Å². The fourth-order valence-electron chi connectivity index (χ4n) is 6.27. The Morgan fingerprint density at radius 1 is 1.25 bits per heavy atom. The van der Waals surface area contributed by atoms with Crippen LogP contribution in [-0.4, -0.2) is 86.3 Å². The van der Waals surface area contributed by atoms with Crippen molar-refractivity contribution in [2.75, 3.05) is 19.4 Å². The molecule has 242 valence electrons. The van der Waals surface area contributed by atoms with Crippen molar-refractivity contribution in [1.29, 1.82) is 0 Å². The molecule has 1 amide bonds. The van der Waals surface area contributed by atoms with E-state index in [4.69, 9.17) is 31.5 Å². The first kappa shape index (κ1) is 32.6. The zero-order chi connectivity index (χ0) is 32.0. The number of nitrogens with zero attached hydrogens (tertiary/aromatic N) is 5. The summed E-state index contributed by atoms with van der Waals surface area (Å²) in [5, 5.41) is 2.22. The number of nitrogen functional groups attached to an aromatic ring is 1. The number of hydrogen-bond acceptors (Lipinski definition) is 9. The molecule has 2 fully saturated rings. The second-order valence-corrected chi connectivity index (χ2v) is 12.8. The SMILES string of the molecule is CO[C@H](CN(C(C)C)C1CC(CCC(=O)NC2C=C(Cl)C(C(F)(F)F)=C2)C1)[C@H]1OC(C)(C)O[C@H]1n1cnc2c(N)ncnc21. The Balaban J connectivity index is 1.18. The lowest BCUT2D eigenvalue weighted by atomic mass is 9.76. The lowest BCUT2D eigenvalue weighted by Crippen LogP contribution is -2.53. The molecule has 3 heterocycles. The molecule has 0 spiro atoms. The summed E-state index contributed by atoms with van der Waals surface area (Å²) in [5.74, 6) is -0.570. The molecule has 4 atom stereocenters. The molecule has 15 heteroatoms. The van der Waals surface area contributed by atoms with Gasteiger partial charge in [-0.05, 0) is 65.0 Å². The van der Waals surface area contributed by atoms with Crippen LogP contribution in [0.4, 0.5) is 19.0 Å². The topological polar surface area (TPSA) is 130 Å². The van der Waals surface area contributed by atoms with Gasteiger partial charge in [0.05, 0.1) is 23.0 Å². The monoisotopic (exact) mass is 641 g/mol. The lowest BCUT2D eigenvalue weighted by molar-refractivity contribution is -0.163. The fraction of sp³-hybridized carbons (Fsp3) is 0.655. The highest BCUT2D eigenvalue weighted by Crippen LogP contribution is 2.41. The summed E-state index contributed by atoms with van der Waals surface area (Å²) in [4.78, 5) is 27.7. The van der Waals surface area contributed by atoms with Crippen molar-refractivity contribution in [3.63, 3.8) is 0 Å². The zero-order valence-electron chi connectivity index (χ0n) is 25.3. The molecule has 5 rings (SSSR count). The number of nitrogens with two attached hydrogens (primary N) is 1. The molecule has 0 aromatic carbocycles. The predicted molar refractivity (Wildman–Crippen MR) is 157 cm³/mol. The van der Waals surface area contributed by atoms with Gasteiger partial charge in [-0.3, -0.25) is 14.3 Å². The number of methoxy groups -OCH3 is 1. The smallest absolute Gasteiger partial charge is 0.382 e. The molecule has 1 unspecified atom stereocenters. The van der Waals surface area contributed by atoms with E-state index in [0.29, 0.717) is 30.0 Å². The molecule has 0 radical (unpaired) electrons. The van der Waals surface area contributed by atoms with Crippen LogP contribution in [-0.2, 0) is 19.0 Å². The number of fused-ring (bicyclic) bond motifs is 1. The quantitative estimate of drug-likeness (QED) is 0.365. The van der Waals surface area contributed by atoms with Crippen LogP contribution in [0.5, 0.6) is 0 Å². The molecular formula is C29H39ClF3N7O4. The number of anilines is 1. The van der Waals surface area contributed by atoms with Gasteiger partial charge in [-0.25, -0.2) is 15.0 Å². The second-order valence-electron chi connectivity index (χ2n) is 12.4. The minimum Gasteiger partial charge on any atom is -0.382 e. The van der Waals surface area contributed by atoms with Gasteiger partial charge in [-0.2, -0.15) is 13.2 Å². The highest BCUT2D eigenvalue weighted by Gasteiger charge is 2.48. The Morgan fingerprint density at radius 3 is 2.61 bits per heavy atom. The third-order valence-electron chi connectivity index (χ3n) is 8.51. The highest BCUT2D eigenvalue weighted by atomic mass is 35.5. The van der Waals surface area contributed by atoms with E-state index in [0.717, 1.165) is 18.9 Å². The van der Waals surface area contributed by atoms with Crippen molar-refractivity contribution in [3.05, 3.63) is 35.4 Å². The Hall–Kier alpha value is -2.78. The number of rotatable bonds is 11. The Morgan fingerprint density at radius 2 is 1.98 bits per heavy atom. The predicted octanol–water partition coefficient (Wildman–Crippen LogP) is 4.45. The van der Waals surface area contributed by atoms with Crippen LogP contribution in [0.1, 0.15) is 59.6 Å². The Kier molecular flexibility index (Phi) is 9.30. The van der Waals surface area contributed by atoms with Gasteiger partial charge in [0.1, 0.15) is 24.1 Å². The van der Waals surface area contributed by atoms with Gasteiger partial charge in [0.25, 0.3) is 0 Å². The van der Waals surface area contributed by atoms with Crippen molar-refractivity contribution in [2.45, 2.75) is 102 Å². The minimum atomic E-state index is -4.55. The number of hydrogen-bond donors (Lipinski definition) is 2. The number of alkyl halides is 3. The number of carbonyl (C=O) groups is 1. The van der Waals surface area contributed by atoms with Gasteiger partial charge in [0.15, 0.2) is 23.5 Å². The number of imidazole rings is 1. The average molecular weight is 642 g/mol. The second kappa shape index (κ2) is 12.5. The van der Waals surface area contributed by atoms with Crippen LogP contribution in [0, 0.1) is 5.92 Å². The van der Waals surface area contributed by atoms with Gasteiger partial charge < -0.3 is 25.3 Å². The number of allylic oxidation sites excluding steroid dienone is 2. The summed E-state index contributed by atoms with van der Waals surface area (Å²) in [6.45, 7) is 8.55. The van der Waals surface area contributed by atoms with E-state index in [1.54, 1.807) is 18.0 Å². The van der Waals surface area contributed by atoms with Crippen molar-refractivity contribution in [2.24, 2.45) is 5.92 Å². The van der Waals surface area contributed by atoms with Crippen molar-refractivity contribution in [3.8, 4) is 0 Å². The van der Waals surface area contributed by atoms with Crippen LogP contribution < -0.4 is 11.1 Å². The number of carbonyl (C=O) groups excluding carboxylic acids is 1. The molecule has 2 aromatic rings. The average Bonchev–Trinajstić information content (AvgIpc) is 3.59. The summed E-state index contributed by atoms with van der Waals surface area (Å²) < 4.78 is 59.6. The maximum absolute atomic E-state index is 13.0. The first-order valence-electron chi connectivity index (χ1n) is 14.7. The minimum absolute atomic E-state index is 0.214. The zero-order valence-corrected chi connectivity index (χ0v) is 26.1. The van der Waals surface area contributed by atoms with E-state index >= 15 is 0 Å². The maximum Gasteiger partial charge on any atom is 0.417 e. The van der Waals surface area contributed by atoms with E-state index in [-0.39, 0.29) is 36.3 Å². The van der Waals surface area contributed by atoms with E-state index in [1.807, 2.05) is 13.8 Å². The van der Waals surface area contributed by atoms with Crippen LogP contribution in [0.25, 0.3) is 11.2 Å². The molecule has 1 saturated heterocycles. The van der Waals surface area contributed by atoms with Crippen LogP contribution in [0.15, 0.2) is 35.4 Å². The molecular weight excluding hydrogens is 603 g/mol. The van der Waals surface area contributed by atoms with Crippen LogP contribution >= 0.6 is 11.6 Å². The maximum atomic E-state index is 13.0. The third-order valence-corrected chi connectivity index (χ3v) is 8.84. The van der Waals surface area contributed by atoms with E-state index in [2.05, 4.69) is 39.0 Å². The standard InChI is InChI=1S/C29H39ClF3N7O4/c1-15(2)39(18-8-16(9-18)6-7-22(41)38-17-10-19(20(30)11-17)29(31,32)33)12-21(42-5)24-27(44-28(3,4)43-24)40-14-37-23-25(34)35-13-36-26(23)40/h10-11,13-18,21,24,27H,6-9,12H2,1-5H3,(H,38,41)(H2,34,35,36)/t16?,17?,18?,21-,24-,27-/m1/s1. The number of nitrogens with one attached hydrogen (secondary N) is 1. The summed E-state index contributed by atoms with van der Waals surface area (Å²) in [6.07, 6.45) is 1.88. The fourth-order valence-corrected chi connectivity index (χ4v) is 6.58. The number of halogens is 4.